The third-order valence-corrected chi connectivity index (χ3v) is 4.25. The normalized spacial score (nSPS) is 12.6. The van der Waals surface area contributed by atoms with Crippen LogP contribution in [0.25, 0.3) is 0 Å². The van der Waals surface area contributed by atoms with Crippen molar-refractivity contribution in [2.45, 2.75) is 43.3 Å². The molecular weight excluding hydrogens is 270 g/mol. The van der Waals surface area contributed by atoms with Crippen LogP contribution in [-0.2, 0) is 7.05 Å². The van der Waals surface area contributed by atoms with E-state index in [9.17, 15) is 0 Å². The topological polar surface area (TPSA) is 55.6 Å². The Morgan fingerprint density at radius 3 is 2.60 bits per heavy atom. The number of hydrogen-bond donors (Lipinski definition) is 1. The molecule has 2 aromatic rings. The van der Waals surface area contributed by atoms with Crippen molar-refractivity contribution in [3.05, 3.63) is 29.8 Å². The summed E-state index contributed by atoms with van der Waals surface area (Å²) >= 11 is 1.58. The summed E-state index contributed by atoms with van der Waals surface area (Å²) in [6.45, 7) is 7.18. The highest BCUT2D eigenvalue weighted by molar-refractivity contribution is 7.99. The zero-order chi connectivity index (χ0) is 14.5. The third-order valence-electron chi connectivity index (χ3n) is 3.24. The summed E-state index contributed by atoms with van der Waals surface area (Å²) < 4.78 is 1.98. The Morgan fingerprint density at radius 1 is 1.30 bits per heavy atom. The molecular formula is C14H21N5S. The van der Waals surface area contributed by atoms with Crippen LogP contribution in [0.15, 0.2) is 28.4 Å². The van der Waals surface area contributed by atoms with Gasteiger partial charge in [0.05, 0.1) is 5.69 Å². The maximum absolute atomic E-state index is 4.56. The van der Waals surface area contributed by atoms with Gasteiger partial charge in [-0.25, -0.2) is 0 Å². The largest absolute Gasteiger partial charge is 0.309 e. The maximum atomic E-state index is 4.56. The number of rotatable bonds is 6. The monoisotopic (exact) mass is 291 g/mol. The molecule has 0 saturated heterocycles. The zero-order valence-electron chi connectivity index (χ0n) is 12.4. The van der Waals surface area contributed by atoms with Gasteiger partial charge >= 0.3 is 0 Å². The Balaban J connectivity index is 2.10. The molecule has 1 N–H and O–H groups in total. The van der Waals surface area contributed by atoms with Crippen molar-refractivity contribution < 1.29 is 0 Å². The Bertz CT molecular complexity index is 549. The second-order valence-corrected chi connectivity index (χ2v) is 5.67. The third kappa shape index (κ3) is 3.37. The summed E-state index contributed by atoms with van der Waals surface area (Å²) in [5, 5.41) is 12.5. The fourth-order valence-corrected chi connectivity index (χ4v) is 2.75. The van der Waals surface area contributed by atoms with Gasteiger partial charge in [0.15, 0.2) is 5.16 Å². The highest BCUT2D eigenvalue weighted by Gasteiger charge is 2.11. The second kappa shape index (κ2) is 6.85. The number of hydrogen-bond acceptors (Lipinski definition) is 5. The van der Waals surface area contributed by atoms with Crippen molar-refractivity contribution in [3.8, 4) is 0 Å². The van der Waals surface area contributed by atoms with Crippen LogP contribution in [0.3, 0.4) is 0 Å². The molecule has 0 aromatic carbocycles. The maximum Gasteiger partial charge on any atom is 0.195 e. The van der Waals surface area contributed by atoms with Crippen molar-refractivity contribution in [3.63, 3.8) is 0 Å². The molecule has 2 heterocycles. The van der Waals surface area contributed by atoms with Gasteiger partial charge in [-0.1, -0.05) is 13.8 Å². The first-order valence-corrected chi connectivity index (χ1v) is 7.70. The molecule has 20 heavy (non-hydrogen) atoms. The Labute approximate surface area is 124 Å². The van der Waals surface area contributed by atoms with Gasteiger partial charge in [-0.3, -0.25) is 4.98 Å². The number of nitrogens with one attached hydrogen (secondary N) is 1. The molecule has 0 amide bonds. The molecule has 0 aliphatic heterocycles. The quantitative estimate of drug-likeness (QED) is 0.887. The Hall–Kier alpha value is -1.40. The Morgan fingerprint density at radius 2 is 2.10 bits per heavy atom. The minimum Gasteiger partial charge on any atom is -0.309 e. The van der Waals surface area contributed by atoms with Crippen molar-refractivity contribution >= 4 is 11.8 Å². The van der Waals surface area contributed by atoms with Crippen LogP contribution in [0.1, 0.15) is 37.8 Å². The highest BCUT2D eigenvalue weighted by Crippen LogP contribution is 2.26. The second-order valence-electron chi connectivity index (χ2n) is 4.63. The van der Waals surface area contributed by atoms with Crippen LogP contribution >= 0.6 is 11.8 Å². The van der Waals surface area contributed by atoms with E-state index in [-0.39, 0.29) is 0 Å². The molecule has 2 rings (SSSR count). The van der Waals surface area contributed by atoms with Gasteiger partial charge in [-0.05, 0) is 43.8 Å². The van der Waals surface area contributed by atoms with Gasteiger partial charge in [0, 0.05) is 24.2 Å². The summed E-state index contributed by atoms with van der Waals surface area (Å²) in [6.07, 6.45) is 2.94. The van der Waals surface area contributed by atoms with E-state index in [1.54, 1.807) is 11.8 Å². The molecule has 0 aliphatic carbocycles. The summed E-state index contributed by atoms with van der Waals surface area (Å²) in [5.41, 5.74) is 1.09. The zero-order valence-corrected chi connectivity index (χ0v) is 13.2. The fraction of sp³-hybridized carbons (Fsp3) is 0.500. The highest BCUT2D eigenvalue weighted by atomic mass is 32.2. The number of pyridine rings is 1. The smallest absolute Gasteiger partial charge is 0.195 e. The van der Waals surface area contributed by atoms with E-state index in [0.717, 1.165) is 34.5 Å². The average molecular weight is 291 g/mol. The molecule has 1 unspecified atom stereocenters. The van der Waals surface area contributed by atoms with Crippen molar-refractivity contribution in [2.24, 2.45) is 7.05 Å². The summed E-state index contributed by atoms with van der Waals surface area (Å²) in [4.78, 5) is 5.64. The molecule has 2 aromatic heterocycles. The predicted molar refractivity (Wildman–Crippen MR) is 80.8 cm³/mol. The molecule has 6 heteroatoms. The molecule has 0 aliphatic rings. The summed E-state index contributed by atoms with van der Waals surface area (Å²) in [6, 6.07) is 4.51. The minimum atomic E-state index is 0.330. The van der Waals surface area contributed by atoms with E-state index in [4.69, 9.17) is 0 Å². The average Bonchev–Trinajstić information content (AvgIpc) is 2.78. The molecule has 0 radical (unpaired) electrons. The fourth-order valence-electron chi connectivity index (χ4n) is 1.94. The summed E-state index contributed by atoms with van der Waals surface area (Å²) in [5.74, 6) is 0.912. The summed E-state index contributed by atoms with van der Waals surface area (Å²) in [7, 11) is 1.97. The van der Waals surface area contributed by atoms with Crippen LogP contribution in [-0.4, -0.2) is 26.3 Å². The van der Waals surface area contributed by atoms with Gasteiger partial charge in [-0.15, -0.1) is 10.2 Å². The number of nitrogens with zero attached hydrogens (tertiary/aromatic N) is 4. The van der Waals surface area contributed by atoms with Crippen molar-refractivity contribution in [1.29, 1.82) is 0 Å². The molecule has 5 nitrogen and oxygen atoms in total. The van der Waals surface area contributed by atoms with Gasteiger partial charge < -0.3 is 9.88 Å². The first kappa shape index (κ1) is 15.0. The van der Waals surface area contributed by atoms with Gasteiger partial charge in [0.2, 0.25) is 0 Å². The van der Waals surface area contributed by atoms with Gasteiger partial charge in [-0.2, -0.15) is 0 Å². The van der Waals surface area contributed by atoms with Gasteiger partial charge in [0.1, 0.15) is 5.82 Å². The first-order chi connectivity index (χ1) is 9.65. The number of aryl methyl sites for hydroxylation is 1. The molecule has 0 saturated carbocycles. The molecule has 1 atom stereocenters. The van der Waals surface area contributed by atoms with Crippen molar-refractivity contribution in [1.82, 2.24) is 25.1 Å². The predicted octanol–water partition coefficient (Wildman–Crippen LogP) is 2.73. The van der Waals surface area contributed by atoms with Crippen LogP contribution < -0.4 is 5.32 Å². The van der Waals surface area contributed by atoms with Gasteiger partial charge in [0.25, 0.3) is 0 Å². The minimum absolute atomic E-state index is 0.330. The van der Waals surface area contributed by atoms with E-state index in [1.807, 2.05) is 24.7 Å². The standard InChI is InChI=1S/C14H21N5S/c1-5-12(15-6-2)13-8-7-11(9-16-13)20-14-18-17-10(3)19(14)4/h7-9,12,15H,5-6H2,1-4H3. The molecule has 0 bridgehead atoms. The van der Waals surface area contributed by atoms with E-state index in [1.165, 1.54) is 0 Å². The van der Waals surface area contributed by atoms with Crippen LogP contribution in [0.2, 0.25) is 0 Å². The number of aromatic nitrogens is 4. The Kier molecular flexibility index (Phi) is 5.14. The first-order valence-electron chi connectivity index (χ1n) is 6.88. The van der Waals surface area contributed by atoms with E-state index < -0.39 is 0 Å². The lowest BCUT2D eigenvalue weighted by molar-refractivity contribution is 0.524. The van der Waals surface area contributed by atoms with Crippen LogP contribution in [0, 0.1) is 6.92 Å². The van der Waals surface area contributed by atoms with E-state index >= 15 is 0 Å². The van der Waals surface area contributed by atoms with E-state index in [2.05, 4.69) is 46.5 Å². The van der Waals surface area contributed by atoms with Crippen LogP contribution in [0.5, 0.6) is 0 Å². The lowest BCUT2D eigenvalue weighted by atomic mass is 10.1. The molecule has 0 fully saturated rings. The SMILES string of the molecule is CCNC(CC)c1ccc(Sc2nnc(C)n2C)cn1. The van der Waals surface area contributed by atoms with E-state index in [0.29, 0.717) is 6.04 Å². The lowest BCUT2D eigenvalue weighted by Gasteiger charge is -2.15. The van der Waals surface area contributed by atoms with Crippen LogP contribution in [0.4, 0.5) is 0 Å². The lowest BCUT2D eigenvalue weighted by Crippen LogP contribution is -2.20. The molecule has 108 valence electrons. The van der Waals surface area contributed by atoms with Crippen molar-refractivity contribution in [2.75, 3.05) is 6.54 Å². The molecule has 0 spiro atoms.